The Balaban J connectivity index is 1.43. The summed E-state index contributed by atoms with van der Waals surface area (Å²) in [5, 5.41) is 3.00. The standard InChI is InChI=1S/C34H37F3N2O4/c1-23-17-27(19-29(18-23)34(35,36)37)24(2)43-22-33(28-11-7-4-8-12-28)16-15-26(31(40)38-30-13-14-30)20-39(33)32(41)42-21-25-9-5-3-6-10-25/h3-12,15,17-18,24,27,30H,13-14,16,19-22H2,1-2H3,(H,38,40)/t24-,27?,33-/m1/s1. The van der Waals surface area contributed by atoms with Crippen molar-refractivity contribution in [2.75, 3.05) is 13.2 Å². The third-order valence-corrected chi connectivity index (χ3v) is 8.36. The van der Waals surface area contributed by atoms with Crippen LogP contribution in [0.2, 0.25) is 0 Å². The number of benzene rings is 2. The highest BCUT2D eigenvalue weighted by Gasteiger charge is 2.46. The molecule has 1 aliphatic heterocycles. The summed E-state index contributed by atoms with van der Waals surface area (Å²) in [6.07, 6.45) is 1.18. The van der Waals surface area contributed by atoms with Crippen molar-refractivity contribution in [1.82, 2.24) is 10.2 Å². The number of carbonyl (C=O) groups excluding carboxylic acids is 2. The fraction of sp³-hybridized carbons (Fsp3) is 0.412. The van der Waals surface area contributed by atoms with Gasteiger partial charge in [0, 0.05) is 23.1 Å². The number of nitrogens with one attached hydrogen (secondary N) is 1. The van der Waals surface area contributed by atoms with E-state index >= 15 is 0 Å². The van der Waals surface area contributed by atoms with Gasteiger partial charge >= 0.3 is 12.3 Å². The number of ether oxygens (including phenoxy) is 2. The Kier molecular flexibility index (Phi) is 9.11. The van der Waals surface area contributed by atoms with Gasteiger partial charge in [-0.25, -0.2) is 4.79 Å². The number of halogens is 3. The first-order valence-electron chi connectivity index (χ1n) is 14.7. The first-order valence-corrected chi connectivity index (χ1v) is 14.7. The number of rotatable bonds is 9. The van der Waals surface area contributed by atoms with Crippen LogP contribution in [0.4, 0.5) is 18.0 Å². The number of nitrogens with zero attached hydrogens (tertiary/aromatic N) is 1. The molecule has 43 heavy (non-hydrogen) atoms. The molecule has 0 aromatic heterocycles. The molecular weight excluding hydrogens is 557 g/mol. The molecule has 3 aliphatic rings. The topological polar surface area (TPSA) is 67.9 Å². The molecule has 2 amide bonds. The number of carbonyl (C=O) groups is 2. The summed E-state index contributed by atoms with van der Waals surface area (Å²) in [5.41, 5.74) is 0.969. The Hall–Kier alpha value is -3.85. The first kappa shape index (κ1) is 30.6. The average molecular weight is 595 g/mol. The van der Waals surface area contributed by atoms with Crippen LogP contribution in [0.3, 0.4) is 0 Å². The Bertz CT molecular complexity index is 1400. The highest BCUT2D eigenvalue weighted by molar-refractivity contribution is 5.95. The molecular formula is C34H37F3N2O4. The lowest BCUT2D eigenvalue weighted by Crippen LogP contribution is -2.56. The van der Waals surface area contributed by atoms with Crippen molar-refractivity contribution in [3.63, 3.8) is 0 Å². The number of amides is 2. The number of hydrogen-bond acceptors (Lipinski definition) is 4. The van der Waals surface area contributed by atoms with Gasteiger partial charge in [-0.05, 0) is 50.7 Å². The van der Waals surface area contributed by atoms with E-state index in [0.717, 1.165) is 24.0 Å². The van der Waals surface area contributed by atoms with Gasteiger partial charge < -0.3 is 14.8 Å². The summed E-state index contributed by atoms with van der Waals surface area (Å²) in [6.45, 7) is 3.46. The second kappa shape index (κ2) is 12.8. The molecule has 1 saturated carbocycles. The molecule has 6 nitrogen and oxygen atoms in total. The van der Waals surface area contributed by atoms with E-state index in [0.29, 0.717) is 11.1 Å². The molecule has 9 heteroatoms. The van der Waals surface area contributed by atoms with Crippen LogP contribution in [0.15, 0.2) is 95.6 Å². The van der Waals surface area contributed by atoms with Crippen LogP contribution in [-0.2, 0) is 26.4 Å². The van der Waals surface area contributed by atoms with Crippen molar-refractivity contribution in [3.05, 3.63) is 107 Å². The molecule has 0 bridgehead atoms. The van der Waals surface area contributed by atoms with Crippen LogP contribution in [0.25, 0.3) is 0 Å². The maximum absolute atomic E-state index is 13.9. The van der Waals surface area contributed by atoms with E-state index in [1.165, 1.54) is 6.08 Å². The van der Waals surface area contributed by atoms with Crippen LogP contribution in [-0.4, -0.2) is 48.4 Å². The molecule has 2 aromatic carbocycles. The normalized spacial score (nSPS) is 23.0. The molecule has 2 aliphatic carbocycles. The molecule has 1 N–H and O–H groups in total. The smallest absolute Gasteiger partial charge is 0.412 e. The Labute approximate surface area is 250 Å². The monoisotopic (exact) mass is 594 g/mol. The van der Waals surface area contributed by atoms with Crippen LogP contribution in [0.5, 0.6) is 0 Å². The quantitative estimate of drug-likeness (QED) is 0.340. The van der Waals surface area contributed by atoms with Gasteiger partial charge in [0.15, 0.2) is 0 Å². The van der Waals surface area contributed by atoms with Gasteiger partial charge in [-0.15, -0.1) is 0 Å². The summed E-state index contributed by atoms with van der Waals surface area (Å²) >= 11 is 0. The lowest BCUT2D eigenvalue weighted by atomic mass is 9.81. The molecule has 228 valence electrons. The summed E-state index contributed by atoms with van der Waals surface area (Å²) in [5.74, 6) is -0.708. The predicted molar refractivity (Wildman–Crippen MR) is 157 cm³/mol. The molecule has 0 saturated heterocycles. The predicted octanol–water partition coefficient (Wildman–Crippen LogP) is 6.99. The fourth-order valence-corrected chi connectivity index (χ4v) is 5.66. The molecule has 0 radical (unpaired) electrons. The SMILES string of the molecule is CC1=CC([C@@H](C)OC[C@@]2(c3ccccc3)CC=C(C(=O)NC3CC3)CN2C(=O)OCc2ccccc2)CC(C(F)(F)F)=C1. The van der Waals surface area contributed by atoms with E-state index in [4.69, 9.17) is 9.47 Å². The third kappa shape index (κ3) is 7.39. The van der Waals surface area contributed by atoms with Crippen LogP contribution in [0.1, 0.15) is 50.7 Å². The van der Waals surface area contributed by atoms with E-state index in [-0.39, 0.29) is 44.5 Å². The Morgan fingerprint density at radius 1 is 1.07 bits per heavy atom. The summed E-state index contributed by atoms with van der Waals surface area (Å²) in [7, 11) is 0. The molecule has 5 rings (SSSR count). The lowest BCUT2D eigenvalue weighted by Gasteiger charge is -2.46. The molecule has 0 spiro atoms. The van der Waals surface area contributed by atoms with Gasteiger partial charge in [-0.1, -0.05) is 84.5 Å². The second-order valence-electron chi connectivity index (χ2n) is 11.7. The zero-order valence-corrected chi connectivity index (χ0v) is 24.4. The van der Waals surface area contributed by atoms with E-state index < -0.39 is 35.4 Å². The Morgan fingerprint density at radius 3 is 2.40 bits per heavy atom. The average Bonchev–Trinajstić information content (AvgIpc) is 3.82. The third-order valence-electron chi connectivity index (χ3n) is 8.36. The van der Waals surface area contributed by atoms with E-state index in [2.05, 4.69) is 5.32 Å². The largest absolute Gasteiger partial charge is 0.445 e. The van der Waals surface area contributed by atoms with Crippen molar-refractivity contribution in [1.29, 1.82) is 0 Å². The second-order valence-corrected chi connectivity index (χ2v) is 11.7. The lowest BCUT2D eigenvalue weighted by molar-refractivity contribution is -0.118. The van der Waals surface area contributed by atoms with Gasteiger partial charge in [0.25, 0.3) is 0 Å². The fourth-order valence-electron chi connectivity index (χ4n) is 5.66. The maximum atomic E-state index is 13.9. The first-order chi connectivity index (χ1) is 20.5. The minimum absolute atomic E-state index is 0.00109. The molecule has 1 fully saturated rings. The Morgan fingerprint density at radius 2 is 1.74 bits per heavy atom. The van der Waals surface area contributed by atoms with E-state index in [1.807, 2.05) is 72.8 Å². The summed E-state index contributed by atoms with van der Waals surface area (Å²) in [6, 6.07) is 18.8. The van der Waals surface area contributed by atoms with Crippen LogP contribution in [0, 0.1) is 5.92 Å². The van der Waals surface area contributed by atoms with Gasteiger partial charge in [-0.2, -0.15) is 13.2 Å². The van der Waals surface area contributed by atoms with Crippen molar-refractivity contribution in [2.45, 2.75) is 70.0 Å². The van der Waals surface area contributed by atoms with Crippen molar-refractivity contribution in [3.8, 4) is 0 Å². The van der Waals surface area contributed by atoms with Gasteiger partial charge in [-0.3, -0.25) is 9.69 Å². The summed E-state index contributed by atoms with van der Waals surface area (Å²) in [4.78, 5) is 28.5. The maximum Gasteiger partial charge on any atom is 0.412 e. The van der Waals surface area contributed by atoms with Crippen molar-refractivity contribution < 1.29 is 32.2 Å². The minimum atomic E-state index is -4.41. The van der Waals surface area contributed by atoms with Gasteiger partial charge in [0.2, 0.25) is 5.91 Å². The molecule has 3 atom stereocenters. The van der Waals surface area contributed by atoms with Crippen LogP contribution < -0.4 is 5.32 Å². The minimum Gasteiger partial charge on any atom is -0.445 e. The van der Waals surface area contributed by atoms with Crippen molar-refractivity contribution >= 4 is 12.0 Å². The molecule has 2 aromatic rings. The number of hydrogen-bond donors (Lipinski definition) is 1. The zero-order valence-electron chi connectivity index (χ0n) is 24.4. The van der Waals surface area contributed by atoms with Gasteiger partial charge in [0.1, 0.15) is 6.61 Å². The summed E-state index contributed by atoms with van der Waals surface area (Å²) < 4.78 is 53.0. The van der Waals surface area contributed by atoms with Crippen LogP contribution >= 0.6 is 0 Å². The number of allylic oxidation sites excluding steroid dienone is 3. The molecule has 1 unspecified atom stereocenters. The molecule has 1 heterocycles. The highest BCUT2D eigenvalue weighted by atomic mass is 19.4. The van der Waals surface area contributed by atoms with Gasteiger partial charge in [0.05, 0.1) is 24.8 Å². The highest BCUT2D eigenvalue weighted by Crippen LogP contribution is 2.41. The van der Waals surface area contributed by atoms with Crippen molar-refractivity contribution in [2.24, 2.45) is 5.92 Å². The van der Waals surface area contributed by atoms with E-state index in [1.54, 1.807) is 18.7 Å². The van der Waals surface area contributed by atoms with E-state index in [9.17, 15) is 22.8 Å². The zero-order chi connectivity index (χ0) is 30.6. The number of alkyl halides is 3.